The second-order valence-electron chi connectivity index (χ2n) is 7.49. The van der Waals surface area contributed by atoms with E-state index in [4.69, 9.17) is 23.2 Å². The molecule has 6 heteroatoms. The fourth-order valence-electron chi connectivity index (χ4n) is 3.48. The molecule has 0 unspecified atom stereocenters. The van der Waals surface area contributed by atoms with Gasteiger partial charge in [-0.05, 0) is 54.7 Å². The molecule has 2 aromatic rings. The van der Waals surface area contributed by atoms with Gasteiger partial charge in [0.25, 0.3) is 5.91 Å². The highest BCUT2D eigenvalue weighted by atomic mass is 35.5. The lowest BCUT2D eigenvalue weighted by Crippen LogP contribution is -2.40. The van der Waals surface area contributed by atoms with Crippen molar-refractivity contribution in [3.63, 3.8) is 0 Å². The van der Waals surface area contributed by atoms with E-state index in [0.29, 0.717) is 47.1 Å². The zero-order valence-electron chi connectivity index (χ0n) is 15.9. The van der Waals surface area contributed by atoms with Crippen molar-refractivity contribution in [3.05, 3.63) is 63.1 Å². The Labute approximate surface area is 175 Å². The summed E-state index contributed by atoms with van der Waals surface area (Å²) in [5, 5.41) is 10.9. The number of carbonyl (C=O) groups excluding carboxylic acids is 2. The van der Waals surface area contributed by atoms with Crippen molar-refractivity contribution in [2.45, 2.75) is 32.6 Å². The average molecular weight is 420 g/mol. The smallest absolute Gasteiger partial charge is 0.257 e. The molecule has 0 bridgehead atoms. The van der Waals surface area contributed by atoms with Crippen LogP contribution in [0.4, 0.5) is 0 Å². The monoisotopic (exact) mass is 419 g/mol. The first-order chi connectivity index (χ1) is 13.3. The molecule has 4 nitrogen and oxygen atoms in total. The van der Waals surface area contributed by atoms with Gasteiger partial charge in [-0.2, -0.15) is 0 Å². The van der Waals surface area contributed by atoms with Crippen molar-refractivity contribution in [1.82, 2.24) is 4.90 Å². The number of aromatic hydroxyl groups is 1. The lowest BCUT2D eigenvalue weighted by Gasteiger charge is -2.31. The summed E-state index contributed by atoms with van der Waals surface area (Å²) >= 11 is 11.9. The van der Waals surface area contributed by atoms with E-state index in [1.807, 2.05) is 19.9 Å². The molecule has 2 aromatic carbocycles. The van der Waals surface area contributed by atoms with Crippen LogP contribution in [-0.4, -0.2) is 34.8 Å². The SMILES string of the molecule is CC(C)c1ccc(O)c(C(=O)N2CCC(C(=O)c3ccc(Cl)c(Cl)c3)CC2)c1. The van der Waals surface area contributed by atoms with Crippen LogP contribution in [0, 0.1) is 5.92 Å². The number of phenolic OH excluding ortho intramolecular Hbond substituents is 1. The molecule has 1 aliphatic heterocycles. The maximum atomic E-state index is 12.9. The molecular formula is C22H23Cl2NO3. The van der Waals surface area contributed by atoms with Gasteiger partial charge < -0.3 is 10.0 Å². The maximum Gasteiger partial charge on any atom is 0.257 e. The Hall–Kier alpha value is -2.04. The molecule has 148 valence electrons. The molecule has 0 aromatic heterocycles. The first kappa shape index (κ1) is 20.7. The van der Waals surface area contributed by atoms with Crippen LogP contribution in [0.25, 0.3) is 0 Å². The van der Waals surface area contributed by atoms with Gasteiger partial charge in [-0.3, -0.25) is 9.59 Å². The van der Waals surface area contributed by atoms with Gasteiger partial charge in [0.15, 0.2) is 5.78 Å². The topological polar surface area (TPSA) is 57.6 Å². The first-order valence-electron chi connectivity index (χ1n) is 9.39. The van der Waals surface area contributed by atoms with Crippen LogP contribution in [0.3, 0.4) is 0 Å². The number of piperidine rings is 1. The van der Waals surface area contributed by atoms with Gasteiger partial charge in [0.05, 0.1) is 15.6 Å². The van der Waals surface area contributed by atoms with Gasteiger partial charge in [-0.1, -0.05) is 43.1 Å². The van der Waals surface area contributed by atoms with Gasteiger partial charge in [-0.25, -0.2) is 0 Å². The summed E-state index contributed by atoms with van der Waals surface area (Å²) in [4.78, 5) is 27.3. The number of Topliss-reactive ketones (excluding diaryl/α,β-unsaturated/α-hetero) is 1. The third-order valence-corrected chi connectivity index (χ3v) is 6.01. The number of rotatable bonds is 4. The minimum absolute atomic E-state index is 0.0107. The van der Waals surface area contributed by atoms with E-state index < -0.39 is 0 Å². The highest BCUT2D eigenvalue weighted by molar-refractivity contribution is 6.42. The van der Waals surface area contributed by atoms with Crippen molar-refractivity contribution in [2.24, 2.45) is 5.92 Å². The van der Waals surface area contributed by atoms with E-state index >= 15 is 0 Å². The van der Waals surface area contributed by atoms with Gasteiger partial charge >= 0.3 is 0 Å². The number of phenols is 1. The van der Waals surface area contributed by atoms with Gasteiger partial charge in [0, 0.05) is 24.6 Å². The Kier molecular flexibility index (Phi) is 6.31. The molecule has 0 saturated carbocycles. The number of carbonyl (C=O) groups is 2. The van der Waals surface area contributed by atoms with E-state index in [1.54, 1.807) is 35.2 Å². The second-order valence-corrected chi connectivity index (χ2v) is 8.31. The van der Waals surface area contributed by atoms with Crippen molar-refractivity contribution in [1.29, 1.82) is 0 Å². The standard InChI is InChI=1S/C22H23Cl2NO3/c1-13(2)15-4-6-20(26)17(11-15)22(28)25-9-7-14(8-10-25)21(27)16-3-5-18(23)19(24)12-16/h3-6,11-14,26H,7-10H2,1-2H3. The van der Waals surface area contributed by atoms with Crippen LogP contribution in [-0.2, 0) is 0 Å². The molecule has 0 spiro atoms. The molecule has 3 rings (SSSR count). The number of ketones is 1. The average Bonchev–Trinajstić information content (AvgIpc) is 2.69. The second kappa shape index (κ2) is 8.54. The number of hydrogen-bond donors (Lipinski definition) is 1. The molecule has 1 fully saturated rings. The third-order valence-electron chi connectivity index (χ3n) is 5.27. The highest BCUT2D eigenvalue weighted by Crippen LogP contribution is 2.29. The van der Waals surface area contributed by atoms with E-state index in [-0.39, 0.29) is 29.3 Å². The summed E-state index contributed by atoms with van der Waals surface area (Å²) in [5.74, 6) is -0.0715. The van der Waals surface area contributed by atoms with Crippen LogP contribution in [0.1, 0.15) is 58.9 Å². The molecule has 1 N–H and O–H groups in total. The minimum atomic E-state index is -0.194. The maximum absolute atomic E-state index is 12.9. The number of likely N-dealkylation sites (tertiary alicyclic amines) is 1. The normalized spacial score (nSPS) is 15.1. The molecule has 1 aliphatic rings. The van der Waals surface area contributed by atoms with E-state index in [9.17, 15) is 14.7 Å². The fourth-order valence-corrected chi connectivity index (χ4v) is 3.78. The van der Waals surface area contributed by atoms with Crippen LogP contribution >= 0.6 is 23.2 Å². The van der Waals surface area contributed by atoms with Gasteiger partial charge in [0.2, 0.25) is 0 Å². The largest absolute Gasteiger partial charge is 0.507 e. The van der Waals surface area contributed by atoms with E-state index in [2.05, 4.69) is 0 Å². The van der Waals surface area contributed by atoms with E-state index in [0.717, 1.165) is 5.56 Å². The predicted molar refractivity (Wildman–Crippen MR) is 112 cm³/mol. The molecule has 28 heavy (non-hydrogen) atoms. The van der Waals surface area contributed by atoms with Crippen molar-refractivity contribution in [2.75, 3.05) is 13.1 Å². The third kappa shape index (κ3) is 4.34. The van der Waals surface area contributed by atoms with Gasteiger partial charge in [-0.15, -0.1) is 0 Å². The zero-order chi connectivity index (χ0) is 20.4. The summed E-state index contributed by atoms with van der Waals surface area (Å²) < 4.78 is 0. The predicted octanol–water partition coefficient (Wildman–Crippen LogP) is 5.56. The minimum Gasteiger partial charge on any atom is -0.507 e. The number of halogens is 2. The molecule has 0 atom stereocenters. The van der Waals surface area contributed by atoms with Crippen molar-refractivity contribution < 1.29 is 14.7 Å². The molecule has 0 radical (unpaired) electrons. The molecule has 0 aliphatic carbocycles. The molecule has 1 amide bonds. The Balaban J connectivity index is 1.68. The Bertz CT molecular complexity index is 903. The summed E-state index contributed by atoms with van der Waals surface area (Å²) in [5.41, 5.74) is 1.87. The van der Waals surface area contributed by atoms with Crippen molar-refractivity contribution >= 4 is 34.9 Å². The summed E-state index contributed by atoms with van der Waals surface area (Å²) in [6.07, 6.45) is 1.16. The molecule has 1 heterocycles. The highest BCUT2D eigenvalue weighted by Gasteiger charge is 2.29. The van der Waals surface area contributed by atoms with Gasteiger partial charge in [0.1, 0.15) is 5.75 Å². The summed E-state index contributed by atoms with van der Waals surface area (Å²) in [6, 6.07) is 10.1. The Morgan fingerprint density at radius 2 is 1.71 bits per heavy atom. The lowest BCUT2D eigenvalue weighted by molar-refractivity contribution is 0.0647. The van der Waals surface area contributed by atoms with E-state index in [1.165, 1.54) is 0 Å². The number of nitrogens with zero attached hydrogens (tertiary/aromatic N) is 1. The number of amides is 1. The quantitative estimate of drug-likeness (QED) is 0.659. The van der Waals surface area contributed by atoms with Crippen LogP contribution in [0.15, 0.2) is 36.4 Å². The first-order valence-corrected chi connectivity index (χ1v) is 10.1. The van der Waals surface area contributed by atoms with Crippen LogP contribution < -0.4 is 0 Å². The lowest BCUT2D eigenvalue weighted by atomic mass is 9.88. The fraction of sp³-hybridized carbons (Fsp3) is 0.364. The zero-order valence-corrected chi connectivity index (χ0v) is 17.4. The Morgan fingerprint density at radius 1 is 1.04 bits per heavy atom. The van der Waals surface area contributed by atoms with Crippen molar-refractivity contribution in [3.8, 4) is 5.75 Å². The summed E-state index contributed by atoms with van der Waals surface area (Å²) in [7, 11) is 0. The Morgan fingerprint density at radius 3 is 2.32 bits per heavy atom. The number of benzene rings is 2. The van der Waals surface area contributed by atoms with Crippen LogP contribution in [0.5, 0.6) is 5.75 Å². The number of hydrogen-bond acceptors (Lipinski definition) is 3. The molecular weight excluding hydrogens is 397 g/mol. The molecule has 1 saturated heterocycles. The summed E-state index contributed by atoms with van der Waals surface area (Å²) in [6.45, 7) is 5.03. The van der Waals surface area contributed by atoms with Crippen LogP contribution in [0.2, 0.25) is 10.0 Å².